The Morgan fingerprint density at radius 1 is 1.26 bits per heavy atom. The van der Waals surface area contributed by atoms with E-state index in [1.54, 1.807) is 19.1 Å². The molecule has 0 aliphatic heterocycles. The molecule has 2 aromatic rings. The second kappa shape index (κ2) is 4.89. The lowest BCUT2D eigenvalue weighted by Crippen LogP contribution is -2.27. The summed E-state index contributed by atoms with van der Waals surface area (Å²) in [6.45, 7) is 5.64. The molecule has 100 valence electrons. The summed E-state index contributed by atoms with van der Waals surface area (Å²) in [6.07, 6.45) is 0. The molecule has 0 aliphatic rings. The van der Waals surface area contributed by atoms with Crippen LogP contribution in [0.1, 0.15) is 30.9 Å². The highest BCUT2D eigenvalue weighted by Crippen LogP contribution is 2.29. The van der Waals surface area contributed by atoms with Gasteiger partial charge in [-0.25, -0.2) is 9.37 Å². The van der Waals surface area contributed by atoms with Gasteiger partial charge in [0.15, 0.2) is 0 Å². The third-order valence-electron chi connectivity index (χ3n) is 3.19. The van der Waals surface area contributed by atoms with Crippen molar-refractivity contribution < 1.29 is 4.39 Å². The van der Waals surface area contributed by atoms with E-state index in [1.807, 2.05) is 13.8 Å². The van der Waals surface area contributed by atoms with E-state index >= 15 is 0 Å². The largest absolute Gasteiger partial charge is 0.309 e. The van der Waals surface area contributed by atoms with Crippen LogP contribution >= 0.6 is 15.9 Å². The first-order chi connectivity index (χ1) is 8.82. The number of aryl methyl sites for hydroxylation is 1. The molecule has 3 nitrogen and oxygen atoms in total. The predicted octanol–water partition coefficient (Wildman–Crippen LogP) is 3.31. The van der Waals surface area contributed by atoms with Crippen LogP contribution in [-0.4, -0.2) is 9.97 Å². The van der Waals surface area contributed by atoms with E-state index in [2.05, 4.69) is 25.9 Å². The van der Waals surface area contributed by atoms with E-state index in [0.29, 0.717) is 16.0 Å². The standard InChI is InChI=1S/C14H14BrFN2O/c1-8-11(15)12(19)18-13(17-8)14(2,3)9-4-6-10(16)7-5-9/h4-7H,1-3H3,(H,17,18,19). The maximum absolute atomic E-state index is 13.0. The number of nitrogens with one attached hydrogen (secondary N) is 1. The molecule has 0 saturated heterocycles. The van der Waals surface area contributed by atoms with E-state index in [-0.39, 0.29) is 11.4 Å². The minimum atomic E-state index is -0.502. The number of aromatic nitrogens is 2. The average Bonchev–Trinajstić information content (AvgIpc) is 2.35. The van der Waals surface area contributed by atoms with Gasteiger partial charge in [-0.3, -0.25) is 4.79 Å². The van der Waals surface area contributed by atoms with E-state index in [4.69, 9.17) is 0 Å². The first kappa shape index (κ1) is 13.9. The zero-order valence-corrected chi connectivity index (χ0v) is 12.5. The van der Waals surface area contributed by atoms with Gasteiger partial charge in [-0.05, 0) is 54.4 Å². The zero-order chi connectivity index (χ0) is 14.2. The fourth-order valence-electron chi connectivity index (χ4n) is 1.87. The number of aromatic amines is 1. The topological polar surface area (TPSA) is 45.8 Å². The van der Waals surface area contributed by atoms with Gasteiger partial charge in [-0.2, -0.15) is 0 Å². The molecular formula is C14H14BrFN2O. The molecule has 5 heteroatoms. The third-order valence-corrected chi connectivity index (χ3v) is 4.12. The van der Waals surface area contributed by atoms with Crippen LogP contribution in [0.15, 0.2) is 33.5 Å². The SMILES string of the molecule is Cc1nc(C(C)(C)c2ccc(F)cc2)[nH]c(=O)c1Br. The summed E-state index contributed by atoms with van der Waals surface area (Å²) in [6, 6.07) is 6.21. The van der Waals surface area contributed by atoms with Crippen molar-refractivity contribution in [1.29, 1.82) is 0 Å². The smallest absolute Gasteiger partial charge is 0.265 e. The number of benzene rings is 1. The number of halogens is 2. The van der Waals surface area contributed by atoms with Crippen molar-refractivity contribution in [1.82, 2.24) is 9.97 Å². The van der Waals surface area contributed by atoms with Crippen molar-refractivity contribution >= 4 is 15.9 Å². The monoisotopic (exact) mass is 324 g/mol. The normalized spacial score (nSPS) is 11.6. The van der Waals surface area contributed by atoms with E-state index in [1.165, 1.54) is 12.1 Å². The minimum Gasteiger partial charge on any atom is -0.309 e. The Labute approximate surface area is 119 Å². The number of hydrogen-bond donors (Lipinski definition) is 1. The maximum atomic E-state index is 13.0. The van der Waals surface area contributed by atoms with Crippen LogP contribution in [0.5, 0.6) is 0 Å². The molecule has 1 aromatic heterocycles. The molecule has 1 heterocycles. The highest BCUT2D eigenvalue weighted by atomic mass is 79.9. The molecule has 0 bridgehead atoms. The van der Waals surface area contributed by atoms with Gasteiger partial charge in [0.05, 0.1) is 5.69 Å². The quantitative estimate of drug-likeness (QED) is 0.921. The Hall–Kier alpha value is -1.49. The minimum absolute atomic E-state index is 0.210. The lowest BCUT2D eigenvalue weighted by Gasteiger charge is -2.24. The van der Waals surface area contributed by atoms with E-state index in [9.17, 15) is 9.18 Å². The fraction of sp³-hybridized carbons (Fsp3) is 0.286. The van der Waals surface area contributed by atoms with Gasteiger partial charge in [-0.1, -0.05) is 12.1 Å². The fourth-order valence-corrected chi connectivity index (χ4v) is 2.06. The van der Waals surface area contributed by atoms with Crippen LogP contribution in [0.4, 0.5) is 4.39 Å². The maximum Gasteiger partial charge on any atom is 0.265 e. The van der Waals surface area contributed by atoms with Crippen LogP contribution in [0, 0.1) is 12.7 Å². The Morgan fingerprint density at radius 2 is 1.84 bits per heavy atom. The van der Waals surface area contributed by atoms with Crippen molar-refractivity contribution in [2.24, 2.45) is 0 Å². The first-order valence-electron chi connectivity index (χ1n) is 5.85. The summed E-state index contributed by atoms with van der Waals surface area (Å²) in [4.78, 5) is 19.0. The van der Waals surface area contributed by atoms with Gasteiger partial charge >= 0.3 is 0 Å². The first-order valence-corrected chi connectivity index (χ1v) is 6.64. The van der Waals surface area contributed by atoms with Crippen LogP contribution in [0.2, 0.25) is 0 Å². The molecule has 0 aliphatic carbocycles. The highest BCUT2D eigenvalue weighted by Gasteiger charge is 2.26. The molecule has 0 radical (unpaired) electrons. The van der Waals surface area contributed by atoms with E-state index in [0.717, 1.165) is 5.56 Å². The van der Waals surface area contributed by atoms with E-state index < -0.39 is 5.41 Å². The third kappa shape index (κ3) is 2.61. The van der Waals surface area contributed by atoms with Gasteiger partial charge in [0.2, 0.25) is 0 Å². The Morgan fingerprint density at radius 3 is 2.37 bits per heavy atom. The Balaban J connectivity index is 2.56. The van der Waals surface area contributed by atoms with Crippen LogP contribution in [0.25, 0.3) is 0 Å². The van der Waals surface area contributed by atoms with Crippen LogP contribution in [-0.2, 0) is 5.41 Å². The molecule has 1 N–H and O–H groups in total. The number of rotatable bonds is 2. The molecule has 0 amide bonds. The second-order valence-electron chi connectivity index (χ2n) is 4.95. The summed E-state index contributed by atoms with van der Waals surface area (Å²) >= 11 is 3.19. The molecule has 0 unspecified atom stereocenters. The molecule has 2 rings (SSSR count). The second-order valence-corrected chi connectivity index (χ2v) is 5.74. The van der Waals surface area contributed by atoms with Crippen molar-refractivity contribution in [3.63, 3.8) is 0 Å². The number of H-pyrrole nitrogens is 1. The predicted molar refractivity (Wildman–Crippen MR) is 75.8 cm³/mol. The molecule has 0 spiro atoms. The molecular weight excluding hydrogens is 311 g/mol. The van der Waals surface area contributed by atoms with Crippen molar-refractivity contribution in [2.75, 3.05) is 0 Å². The van der Waals surface area contributed by atoms with Gasteiger partial charge in [0.25, 0.3) is 5.56 Å². The Kier molecular flexibility index (Phi) is 3.58. The number of hydrogen-bond acceptors (Lipinski definition) is 2. The van der Waals surface area contributed by atoms with Crippen LogP contribution in [0.3, 0.4) is 0 Å². The van der Waals surface area contributed by atoms with Gasteiger partial charge in [-0.15, -0.1) is 0 Å². The number of nitrogens with zero attached hydrogens (tertiary/aromatic N) is 1. The summed E-state index contributed by atoms with van der Waals surface area (Å²) in [5.74, 6) is 0.276. The Bertz CT molecular complexity index is 662. The summed E-state index contributed by atoms with van der Waals surface area (Å²) in [5.41, 5.74) is 0.809. The average molecular weight is 325 g/mol. The van der Waals surface area contributed by atoms with Crippen molar-refractivity contribution in [2.45, 2.75) is 26.2 Å². The molecule has 1 aromatic carbocycles. The summed E-state index contributed by atoms with van der Waals surface area (Å²) in [7, 11) is 0. The molecule has 0 atom stereocenters. The van der Waals surface area contributed by atoms with Crippen molar-refractivity contribution in [3.05, 3.63) is 62.0 Å². The van der Waals surface area contributed by atoms with Crippen molar-refractivity contribution in [3.8, 4) is 0 Å². The van der Waals surface area contributed by atoms with Crippen LogP contribution < -0.4 is 5.56 Å². The molecule has 19 heavy (non-hydrogen) atoms. The van der Waals surface area contributed by atoms with Gasteiger partial charge in [0, 0.05) is 5.41 Å². The lowest BCUT2D eigenvalue weighted by atomic mass is 9.83. The summed E-state index contributed by atoms with van der Waals surface area (Å²) in [5, 5.41) is 0. The molecule has 0 fully saturated rings. The van der Waals surface area contributed by atoms with Gasteiger partial charge < -0.3 is 4.98 Å². The van der Waals surface area contributed by atoms with Gasteiger partial charge in [0.1, 0.15) is 16.1 Å². The highest BCUT2D eigenvalue weighted by molar-refractivity contribution is 9.10. The lowest BCUT2D eigenvalue weighted by molar-refractivity contribution is 0.577. The summed E-state index contributed by atoms with van der Waals surface area (Å²) < 4.78 is 13.4. The zero-order valence-electron chi connectivity index (χ0n) is 10.9. The molecule has 0 saturated carbocycles.